The largest absolute Gasteiger partial charge is 0.870 e. The number of carbonyl (C=O) groups excluding carboxylic acids is 1. The molecule has 1 aromatic rings. The molecule has 0 atom stereocenters. The summed E-state index contributed by atoms with van der Waals surface area (Å²) in [6.07, 6.45) is 0.193. The van der Waals surface area contributed by atoms with Gasteiger partial charge in [0, 0.05) is 0 Å². The summed E-state index contributed by atoms with van der Waals surface area (Å²) in [6, 6.07) is 1.38. The van der Waals surface area contributed by atoms with Crippen LogP contribution >= 0.6 is 0 Å². The van der Waals surface area contributed by atoms with Gasteiger partial charge in [-0.15, -0.1) is 0 Å². The number of nitro groups is 1. The molecule has 0 amide bonds. The third-order valence-corrected chi connectivity index (χ3v) is 1.43. The Hall–Kier alpha value is -2.11. The lowest BCUT2D eigenvalue weighted by atomic mass is 10.2. The smallest absolute Gasteiger partial charge is 0.283 e. The number of nitrogens with zero attached hydrogens (tertiary/aromatic N) is 1. The summed E-state index contributed by atoms with van der Waals surface area (Å²) in [4.78, 5) is 19.7. The molecule has 6 nitrogen and oxygen atoms in total. The lowest BCUT2D eigenvalue weighted by Gasteiger charge is -2.08. The van der Waals surface area contributed by atoms with Crippen LogP contribution in [-0.4, -0.2) is 16.3 Å². The summed E-state index contributed by atoms with van der Waals surface area (Å²) in [7, 11) is 0. The number of aldehydes is 1. The topological polar surface area (TPSA) is 104 Å². The van der Waals surface area contributed by atoms with Gasteiger partial charge in [-0.05, 0) is 6.07 Å². The van der Waals surface area contributed by atoms with E-state index in [1.54, 1.807) is 0 Å². The first-order chi connectivity index (χ1) is 6.06. The van der Waals surface area contributed by atoms with E-state index in [2.05, 4.69) is 0 Å². The van der Waals surface area contributed by atoms with Crippen LogP contribution in [0, 0.1) is 10.1 Å². The third-order valence-electron chi connectivity index (χ3n) is 1.43. The van der Waals surface area contributed by atoms with Crippen LogP contribution in [0.1, 0.15) is 10.4 Å². The zero-order valence-corrected chi connectivity index (χ0v) is 6.26. The molecule has 0 bridgehead atoms. The van der Waals surface area contributed by atoms with E-state index in [1.807, 2.05) is 0 Å². The quantitative estimate of drug-likeness (QED) is 0.399. The van der Waals surface area contributed by atoms with E-state index in [9.17, 15) is 20.0 Å². The molecule has 0 aliphatic heterocycles. The van der Waals surface area contributed by atoms with E-state index in [0.29, 0.717) is 6.07 Å². The molecule has 0 aliphatic rings. The van der Waals surface area contributed by atoms with Crippen LogP contribution in [0.15, 0.2) is 12.1 Å². The minimum absolute atomic E-state index is 0.193. The van der Waals surface area contributed by atoms with Gasteiger partial charge >= 0.3 is 0 Å². The van der Waals surface area contributed by atoms with Crippen molar-refractivity contribution in [3.63, 3.8) is 0 Å². The Morgan fingerprint density at radius 1 is 1.46 bits per heavy atom. The van der Waals surface area contributed by atoms with Crippen LogP contribution in [0.2, 0.25) is 0 Å². The second kappa shape index (κ2) is 3.10. The van der Waals surface area contributed by atoms with Crippen molar-refractivity contribution in [2.24, 2.45) is 0 Å². The molecule has 1 rings (SSSR count). The maximum atomic E-state index is 10.7. The van der Waals surface area contributed by atoms with Crippen LogP contribution in [0.4, 0.5) is 5.69 Å². The van der Waals surface area contributed by atoms with E-state index in [0.717, 1.165) is 6.07 Å². The highest BCUT2D eigenvalue weighted by Crippen LogP contribution is 2.29. The summed E-state index contributed by atoms with van der Waals surface area (Å²) in [6.45, 7) is 0. The Morgan fingerprint density at radius 3 is 2.54 bits per heavy atom. The zero-order chi connectivity index (χ0) is 10.0. The molecular weight excluding hydrogens is 178 g/mol. The molecule has 1 aromatic carbocycles. The second-order valence-electron chi connectivity index (χ2n) is 2.25. The van der Waals surface area contributed by atoms with Crippen LogP contribution in [0.5, 0.6) is 11.5 Å². The summed E-state index contributed by atoms with van der Waals surface area (Å²) in [5.74, 6) is -1.55. The summed E-state index contributed by atoms with van der Waals surface area (Å²) in [5, 5.41) is 29.9. The zero-order valence-electron chi connectivity index (χ0n) is 6.26. The molecule has 0 saturated carbocycles. The SMILES string of the molecule is O=Cc1cc([O-])c(O)cc1[N+](=O)[O-]. The number of hydrogen-bond donors (Lipinski definition) is 1. The lowest BCUT2D eigenvalue weighted by molar-refractivity contribution is -0.385. The Bertz CT molecular complexity index is 373. The minimum Gasteiger partial charge on any atom is -0.870 e. The predicted octanol–water partition coefficient (Wildman–Crippen LogP) is 0.186. The molecule has 0 heterocycles. The molecule has 0 saturated heterocycles. The van der Waals surface area contributed by atoms with E-state index in [4.69, 9.17) is 5.11 Å². The molecule has 6 heteroatoms. The fourth-order valence-electron chi connectivity index (χ4n) is 0.826. The monoisotopic (exact) mass is 182 g/mol. The summed E-state index contributed by atoms with van der Waals surface area (Å²) < 4.78 is 0. The Kier molecular flexibility index (Phi) is 2.14. The standard InChI is InChI=1S/C7H5NO5/c9-3-4-1-6(10)7(11)2-5(4)8(12)13/h1-3,10-11H/p-1. The van der Waals surface area contributed by atoms with Gasteiger partial charge < -0.3 is 10.2 Å². The van der Waals surface area contributed by atoms with Crippen molar-refractivity contribution >= 4 is 12.0 Å². The maximum absolute atomic E-state index is 10.7. The molecule has 0 spiro atoms. The van der Waals surface area contributed by atoms with Crippen molar-refractivity contribution in [1.82, 2.24) is 0 Å². The normalized spacial score (nSPS) is 9.54. The van der Waals surface area contributed by atoms with Gasteiger partial charge in [-0.2, -0.15) is 0 Å². The highest BCUT2D eigenvalue weighted by atomic mass is 16.6. The first kappa shape index (κ1) is 8.98. The van der Waals surface area contributed by atoms with Gasteiger partial charge in [0.25, 0.3) is 5.69 Å². The number of carbonyl (C=O) groups is 1. The van der Waals surface area contributed by atoms with Crippen LogP contribution < -0.4 is 5.11 Å². The fraction of sp³-hybridized carbons (Fsp3) is 0. The maximum Gasteiger partial charge on any atom is 0.283 e. The Morgan fingerprint density at radius 2 is 2.08 bits per heavy atom. The fourth-order valence-corrected chi connectivity index (χ4v) is 0.826. The molecule has 0 radical (unpaired) electrons. The molecule has 0 unspecified atom stereocenters. The van der Waals surface area contributed by atoms with Crippen molar-refractivity contribution in [3.8, 4) is 11.5 Å². The van der Waals surface area contributed by atoms with Gasteiger partial charge in [0.2, 0.25) is 0 Å². The number of nitro benzene ring substituents is 1. The highest BCUT2D eigenvalue weighted by molar-refractivity contribution is 5.83. The van der Waals surface area contributed by atoms with Gasteiger partial charge in [0.1, 0.15) is 5.75 Å². The number of hydrogen-bond acceptors (Lipinski definition) is 5. The first-order valence-corrected chi connectivity index (χ1v) is 3.20. The lowest BCUT2D eigenvalue weighted by Crippen LogP contribution is -1.97. The van der Waals surface area contributed by atoms with E-state index in [1.165, 1.54) is 0 Å². The molecule has 68 valence electrons. The van der Waals surface area contributed by atoms with Crippen molar-refractivity contribution in [3.05, 3.63) is 27.8 Å². The molecule has 0 aromatic heterocycles. The van der Waals surface area contributed by atoms with E-state index < -0.39 is 22.1 Å². The number of rotatable bonds is 2. The van der Waals surface area contributed by atoms with Gasteiger partial charge in [-0.25, -0.2) is 0 Å². The van der Waals surface area contributed by atoms with Gasteiger partial charge in [-0.3, -0.25) is 14.9 Å². The third kappa shape index (κ3) is 1.56. The van der Waals surface area contributed by atoms with E-state index >= 15 is 0 Å². The first-order valence-electron chi connectivity index (χ1n) is 3.20. The van der Waals surface area contributed by atoms with Gasteiger partial charge in [0.05, 0.1) is 16.6 Å². The molecule has 0 aliphatic carbocycles. The Balaban J connectivity index is 3.41. The predicted molar refractivity (Wildman–Crippen MR) is 39.6 cm³/mol. The minimum atomic E-state index is -0.844. The second-order valence-corrected chi connectivity index (χ2v) is 2.25. The number of aromatic hydroxyl groups is 1. The molecule has 13 heavy (non-hydrogen) atoms. The van der Waals surface area contributed by atoms with Crippen molar-refractivity contribution in [2.75, 3.05) is 0 Å². The number of benzene rings is 1. The van der Waals surface area contributed by atoms with E-state index in [-0.39, 0.29) is 11.8 Å². The number of phenols is 1. The molecule has 1 N–H and O–H groups in total. The Labute approximate surface area is 72.2 Å². The summed E-state index contributed by atoms with van der Waals surface area (Å²) >= 11 is 0. The summed E-state index contributed by atoms with van der Waals surface area (Å²) in [5.41, 5.74) is -0.917. The molecule has 0 fully saturated rings. The van der Waals surface area contributed by atoms with Crippen LogP contribution in [0.3, 0.4) is 0 Å². The van der Waals surface area contributed by atoms with Gasteiger partial charge in [0.15, 0.2) is 6.29 Å². The van der Waals surface area contributed by atoms with Crippen LogP contribution in [-0.2, 0) is 0 Å². The van der Waals surface area contributed by atoms with Crippen molar-refractivity contribution in [1.29, 1.82) is 0 Å². The van der Waals surface area contributed by atoms with Gasteiger partial charge in [-0.1, -0.05) is 5.75 Å². The highest BCUT2D eigenvalue weighted by Gasteiger charge is 2.14. The van der Waals surface area contributed by atoms with Crippen molar-refractivity contribution in [2.45, 2.75) is 0 Å². The average molecular weight is 182 g/mol. The van der Waals surface area contributed by atoms with Crippen molar-refractivity contribution < 1.29 is 19.9 Å². The van der Waals surface area contributed by atoms with Crippen LogP contribution in [0.25, 0.3) is 0 Å². The molecular formula is C7H4NO5-. The number of phenolic OH excluding ortho intramolecular Hbond substituents is 1. The average Bonchev–Trinajstić information content (AvgIpc) is 2.08.